The average molecular weight is 343 g/mol. The molecular weight excluding hydrogens is 328 g/mol. The molecule has 0 saturated carbocycles. The molecule has 1 atom stereocenters. The lowest BCUT2D eigenvalue weighted by atomic mass is 10.1. The summed E-state index contributed by atoms with van der Waals surface area (Å²) in [5, 5.41) is 2.27. The van der Waals surface area contributed by atoms with Crippen LogP contribution in [0.15, 0.2) is 59.2 Å². The molecule has 0 aliphatic heterocycles. The van der Waals surface area contributed by atoms with Gasteiger partial charge in [-0.1, -0.05) is 30.3 Å². The zero-order chi connectivity index (χ0) is 14.8. The Kier molecular flexibility index (Phi) is 3.90. The molecule has 3 nitrogen and oxygen atoms in total. The summed E-state index contributed by atoms with van der Waals surface area (Å²) in [6.07, 6.45) is 1.71. The van der Waals surface area contributed by atoms with Crippen molar-refractivity contribution in [1.82, 2.24) is 4.98 Å². The highest BCUT2D eigenvalue weighted by molar-refractivity contribution is 9.10. The molecule has 0 spiro atoms. The Hall–Kier alpha value is -1.91. The van der Waals surface area contributed by atoms with Gasteiger partial charge in [0.2, 0.25) is 5.88 Å². The fourth-order valence-electron chi connectivity index (χ4n) is 2.17. The summed E-state index contributed by atoms with van der Waals surface area (Å²) < 4.78 is 6.82. The van der Waals surface area contributed by atoms with Gasteiger partial charge < -0.3 is 10.5 Å². The van der Waals surface area contributed by atoms with Crippen molar-refractivity contribution in [1.29, 1.82) is 0 Å². The average Bonchev–Trinajstić information content (AvgIpc) is 2.51. The Morgan fingerprint density at radius 1 is 1.14 bits per heavy atom. The number of pyridine rings is 1. The van der Waals surface area contributed by atoms with Crippen LogP contribution >= 0.6 is 15.9 Å². The van der Waals surface area contributed by atoms with Gasteiger partial charge >= 0.3 is 0 Å². The number of benzene rings is 2. The zero-order valence-electron chi connectivity index (χ0n) is 11.6. The van der Waals surface area contributed by atoms with Crippen molar-refractivity contribution in [3.63, 3.8) is 0 Å². The van der Waals surface area contributed by atoms with E-state index in [0.717, 1.165) is 26.6 Å². The van der Waals surface area contributed by atoms with E-state index in [1.807, 2.05) is 43.3 Å². The lowest BCUT2D eigenvalue weighted by Gasteiger charge is -2.11. The fraction of sp³-hybridized carbons (Fsp3) is 0.118. The van der Waals surface area contributed by atoms with Gasteiger partial charge in [-0.2, -0.15) is 0 Å². The molecule has 0 bridgehead atoms. The number of aromatic nitrogens is 1. The second kappa shape index (κ2) is 5.84. The van der Waals surface area contributed by atoms with Crippen LogP contribution in [0.5, 0.6) is 11.6 Å². The minimum Gasteiger partial charge on any atom is -0.438 e. The first-order valence-electron chi connectivity index (χ1n) is 6.72. The highest BCUT2D eigenvalue weighted by atomic mass is 79.9. The third kappa shape index (κ3) is 2.91. The van der Waals surface area contributed by atoms with Gasteiger partial charge in [-0.25, -0.2) is 4.98 Å². The van der Waals surface area contributed by atoms with Crippen LogP contribution in [-0.2, 0) is 0 Å². The molecule has 1 heterocycles. The van der Waals surface area contributed by atoms with E-state index in [1.54, 1.807) is 6.20 Å². The number of nitrogens with zero attached hydrogens (tertiary/aromatic N) is 1. The second-order valence-corrected chi connectivity index (χ2v) is 5.71. The molecule has 2 N–H and O–H groups in total. The van der Waals surface area contributed by atoms with E-state index in [-0.39, 0.29) is 6.04 Å². The molecule has 0 amide bonds. The summed E-state index contributed by atoms with van der Waals surface area (Å²) in [5.74, 6) is 1.28. The van der Waals surface area contributed by atoms with Gasteiger partial charge in [0.05, 0.1) is 4.47 Å². The monoisotopic (exact) mass is 342 g/mol. The first-order valence-corrected chi connectivity index (χ1v) is 7.51. The van der Waals surface area contributed by atoms with Gasteiger partial charge in [0.25, 0.3) is 0 Å². The number of ether oxygens (including phenoxy) is 1. The van der Waals surface area contributed by atoms with Crippen molar-refractivity contribution >= 4 is 26.7 Å². The lowest BCUT2D eigenvalue weighted by Crippen LogP contribution is -2.05. The molecule has 3 rings (SSSR count). The standard InChI is InChI=1S/C17H15BrN2O/c1-11(19)13-8-9-20-16(10-13)21-15-7-6-12-4-2-3-5-14(12)17(15)18/h2-11H,19H2,1H3/t11-/m0/s1. The van der Waals surface area contributed by atoms with Crippen LogP contribution in [0.3, 0.4) is 0 Å². The maximum Gasteiger partial charge on any atom is 0.219 e. The van der Waals surface area contributed by atoms with Crippen LogP contribution in [0, 0.1) is 0 Å². The quantitative estimate of drug-likeness (QED) is 0.742. The number of nitrogens with two attached hydrogens (primary N) is 1. The summed E-state index contributed by atoms with van der Waals surface area (Å²) in [6.45, 7) is 1.94. The topological polar surface area (TPSA) is 48.1 Å². The zero-order valence-corrected chi connectivity index (χ0v) is 13.2. The predicted octanol–water partition coefficient (Wildman–Crippen LogP) is 4.81. The molecule has 21 heavy (non-hydrogen) atoms. The summed E-state index contributed by atoms with van der Waals surface area (Å²) in [4.78, 5) is 4.24. The number of rotatable bonds is 3. The summed E-state index contributed by atoms with van der Waals surface area (Å²) >= 11 is 3.61. The van der Waals surface area contributed by atoms with Gasteiger partial charge in [-0.15, -0.1) is 0 Å². The highest BCUT2D eigenvalue weighted by Crippen LogP contribution is 2.35. The predicted molar refractivity (Wildman–Crippen MR) is 88.6 cm³/mol. The number of halogens is 1. The molecule has 4 heteroatoms. The van der Waals surface area contributed by atoms with E-state index in [9.17, 15) is 0 Å². The Morgan fingerprint density at radius 3 is 2.76 bits per heavy atom. The van der Waals surface area contributed by atoms with Gasteiger partial charge in [0.1, 0.15) is 5.75 Å². The Balaban J connectivity index is 1.98. The van der Waals surface area contributed by atoms with E-state index < -0.39 is 0 Å². The first-order chi connectivity index (χ1) is 10.1. The fourth-order valence-corrected chi connectivity index (χ4v) is 2.74. The molecule has 0 aliphatic rings. The number of hydrogen-bond donors (Lipinski definition) is 1. The van der Waals surface area contributed by atoms with Crippen LogP contribution in [0.4, 0.5) is 0 Å². The van der Waals surface area contributed by atoms with E-state index in [1.165, 1.54) is 0 Å². The SMILES string of the molecule is C[C@H](N)c1ccnc(Oc2ccc3ccccc3c2Br)c1. The third-order valence-corrected chi connectivity index (χ3v) is 4.15. The number of hydrogen-bond acceptors (Lipinski definition) is 3. The normalized spacial score (nSPS) is 12.3. The Labute approximate surface area is 131 Å². The van der Waals surface area contributed by atoms with Gasteiger partial charge in [-0.3, -0.25) is 0 Å². The van der Waals surface area contributed by atoms with Crippen molar-refractivity contribution < 1.29 is 4.74 Å². The third-order valence-electron chi connectivity index (χ3n) is 3.33. The summed E-state index contributed by atoms with van der Waals surface area (Å²) in [5.41, 5.74) is 6.88. The van der Waals surface area contributed by atoms with Crippen LogP contribution in [0.25, 0.3) is 10.8 Å². The van der Waals surface area contributed by atoms with Crippen molar-refractivity contribution in [3.05, 3.63) is 64.8 Å². The Morgan fingerprint density at radius 2 is 1.95 bits per heavy atom. The van der Waals surface area contributed by atoms with E-state index in [4.69, 9.17) is 10.5 Å². The molecule has 0 fully saturated rings. The Bertz CT molecular complexity index is 787. The molecule has 3 aromatic rings. The summed E-state index contributed by atoms with van der Waals surface area (Å²) in [7, 11) is 0. The minimum absolute atomic E-state index is 0.0459. The molecule has 0 aliphatic carbocycles. The highest BCUT2D eigenvalue weighted by Gasteiger charge is 2.09. The second-order valence-electron chi connectivity index (χ2n) is 4.92. The number of fused-ring (bicyclic) bond motifs is 1. The van der Waals surface area contributed by atoms with Crippen LogP contribution in [0.2, 0.25) is 0 Å². The van der Waals surface area contributed by atoms with Crippen LogP contribution in [0.1, 0.15) is 18.5 Å². The smallest absolute Gasteiger partial charge is 0.219 e. The van der Waals surface area contributed by atoms with Crippen LogP contribution in [-0.4, -0.2) is 4.98 Å². The van der Waals surface area contributed by atoms with Crippen LogP contribution < -0.4 is 10.5 Å². The van der Waals surface area contributed by atoms with Crippen molar-refractivity contribution in [3.8, 4) is 11.6 Å². The van der Waals surface area contributed by atoms with Crippen molar-refractivity contribution in [2.75, 3.05) is 0 Å². The van der Waals surface area contributed by atoms with Gasteiger partial charge in [-0.05, 0) is 51.3 Å². The maximum atomic E-state index is 5.89. The van der Waals surface area contributed by atoms with Gasteiger partial charge in [0, 0.05) is 18.3 Å². The molecule has 2 aromatic carbocycles. The van der Waals surface area contributed by atoms with E-state index >= 15 is 0 Å². The maximum absolute atomic E-state index is 5.89. The molecule has 106 valence electrons. The first kappa shape index (κ1) is 14.0. The van der Waals surface area contributed by atoms with Crippen molar-refractivity contribution in [2.45, 2.75) is 13.0 Å². The van der Waals surface area contributed by atoms with Gasteiger partial charge in [0.15, 0.2) is 0 Å². The molecule has 1 aromatic heterocycles. The summed E-state index contributed by atoms with van der Waals surface area (Å²) in [6, 6.07) is 15.8. The molecular formula is C17H15BrN2O. The molecule has 0 unspecified atom stereocenters. The largest absolute Gasteiger partial charge is 0.438 e. The lowest BCUT2D eigenvalue weighted by molar-refractivity contribution is 0.459. The van der Waals surface area contributed by atoms with Crippen molar-refractivity contribution in [2.24, 2.45) is 5.73 Å². The van der Waals surface area contributed by atoms with E-state index in [0.29, 0.717) is 5.88 Å². The molecule has 0 radical (unpaired) electrons. The molecule has 0 saturated heterocycles. The minimum atomic E-state index is -0.0459. The van der Waals surface area contributed by atoms with E-state index in [2.05, 4.69) is 33.0 Å².